The first-order valence-corrected chi connectivity index (χ1v) is 5.05. The van der Waals surface area contributed by atoms with E-state index in [1.807, 2.05) is 6.92 Å². The molecule has 0 bridgehead atoms. The predicted octanol–water partition coefficient (Wildman–Crippen LogP) is 0.623. The van der Waals surface area contributed by atoms with Crippen LogP contribution < -0.4 is 5.73 Å². The smallest absolute Gasteiger partial charge is 0.326 e. The number of carbonyl (C=O) groups excluding carboxylic acids is 1. The summed E-state index contributed by atoms with van der Waals surface area (Å²) >= 11 is 0. The molecule has 1 unspecified atom stereocenters. The van der Waals surface area contributed by atoms with Gasteiger partial charge in [0.2, 0.25) is 0 Å². The van der Waals surface area contributed by atoms with Crippen LogP contribution in [-0.4, -0.2) is 28.1 Å². The normalized spacial score (nSPS) is 14.6. The summed E-state index contributed by atoms with van der Waals surface area (Å²) in [6.45, 7) is 3.98. The Morgan fingerprint density at radius 3 is 2.87 bits per heavy atom. The van der Waals surface area contributed by atoms with Crippen molar-refractivity contribution in [3.8, 4) is 0 Å². The Bertz CT molecular complexity index is 310. The zero-order valence-corrected chi connectivity index (χ0v) is 9.12. The van der Waals surface area contributed by atoms with Crippen LogP contribution >= 0.6 is 0 Å². The molecule has 1 aromatic rings. The van der Waals surface area contributed by atoms with Gasteiger partial charge in [-0.1, -0.05) is 6.92 Å². The van der Waals surface area contributed by atoms with Gasteiger partial charge in [-0.2, -0.15) is 0 Å². The number of nitrogens with one attached hydrogen (secondary N) is 1. The van der Waals surface area contributed by atoms with E-state index < -0.39 is 5.54 Å². The molecule has 0 saturated heterocycles. The summed E-state index contributed by atoms with van der Waals surface area (Å²) < 4.78 is 4.95. The largest absolute Gasteiger partial charge is 0.465 e. The highest BCUT2D eigenvalue weighted by Crippen LogP contribution is 2.14. The number of H-pyrrole nitrogens is 1. The summed E-state index contributed by atoms with van der Waals surface area (Å²) in [5.74, 6) is -0.359. The van der Waals surface area contributed by atoms with Crippen molar-refractivity contribution in [2.24, 2.45) is 5.73 Å². The van der Waals surface area contributed by atoms with Crippen molar-refractivity contribution in [3.63, 3.8) is 0 Å². The van der Waals surface area contributed by atoms with Crippen molar-refractivity contribution in [1.82, 2.24) is 9.97 Å². The number of rotatable bonds is 5. The molecule has 0 aliphatic rings. The summed E-state index contributed by atoms with van der Waals surface area (Å²) in [5, 5.41) is 0. The van der Waals surface area contributed by atoms with E-state index in [9.17, 15) is 4.79 Å². The SMILES string of the molecule is CCOC(=O)C(N)(CC)Cc1cnc[nH]1. The molecular weight excluding hydrogens is 194 g/mol. The molecule has 1 atom stereocenters. The maximum absolute atomic E-state index is 11.6. The third kappa shape index (κ3) is 2.79. The zero-order valence-electron chi connectivity index (χ0n) is 9.12. The van der Waals surface area contributed by atoms with Gasteiger partial charge in [-0.3, -0.25) is 4.79 Å². The lowest BCUT2D eigenvalue weighted by atomic mass is 9.92. The van der Waals surface area contributed by atoms with Crippen LogP contribution in [-0.2, 0) is 16.0 Å². The summed E-state index contributed by atoms with van der Waals surface area (Å²) in [4.78, 5) is 18.4. The van der Waals surface area contributed by atoms with E-state index in [1.54, 1.807) is 19.4 Å². The van der Waals surface area contributed by atoms with Gasteiger partial charge < -0.3 is 15.5 Å². The molecule has 5 nitrogen and oxygen atoms in total. The highest BCUT2D eigenvalue weighted by atomic mass is 16.5. The van der Waals surface area contributed by atoms with Crippen molar-refractivity contribution < 1.29 is 9.53 Å². The van der Waals surface area contributed by atoms with E-state index in [2.05, 4.69) is 9.97 Å². The number of esters is 1. The number of aromatic amines is 1. The number of ether oxygens (including phenoxy) is 1. The lowest BCUT2D eigenvalue weighted by Gasteiger charge is -2.24. The fourth-order valence-electron chi connectivity index (χ4n) is 1.34. The number of aromatic nitrogens is 2. The average Bonchev–Trinajstić information content (AvgIpc) is 2.70. The first kappa shape index (κ1) is 11.7. The average molecular weight is 211 g/mol. The molecule has 0 spiro atoms. The fourth-order valence-corrected chi connectivity index (χ4v) is 1.34. The van der Waals surface area contributed by atoms with Gasteiger partial charge in [-0.25, -0.2) is 4.98 Å². The minimum absolute atomic E-state index is 0.348. The van der Waals surface area contributed by atoms with Crippen LogP contribution in [0.4, 0.5) is 0 Å². The Morgan fingerprint density at radius 2 is 2.40 bits per heavy atom. The van der Waals surface area contributed by atoms with E-state index in [4.69, 9.17) is 10.5 Å². The molecule has 0 fully saturated rings. The Morgan fingerprint density at radius 1 is 1.67 bits per heavy atom. The number of nitrogens with two attached hydrogens (primary N) is 1. The maximum atomic E-state index is 11.6. The van der Waals surface area contributed by atoms with E-state index in [0.717, 1.165) is 5.69 Å². The Hall–Kier alpha value is -1.36. The minimum Gasteiger partial charge on any atom is -0.465 e. The van der Waals surface area contributed by atoms with E-state index in [1.165, 1.54) is 0 Å². The third-order valence-electron chi connectivity index (χ3n) is 2.37. The fraction of sp³-hybridized carbons (Fsp3) is 0.600. The number of nitrogens with zero attached hydrogens (tertiary/aromatic N) is 1. The predicted molar refractivity (Wildman–Crippen MR) is 56.1 cm³/mol. The van der Waals surface area contributed by atoms with Crippen LogP contribution in [0.5, 0.6) is 0 Å². The summed E-state index contributed by atoms with van der Waals surface area (Å²) in [5.41, 5.74) is 5.88. The molecule has 1 rings (SSSR count). The van der Waals surface area contributed by atoms with Crippen LogP contribution in [0.3, 0.4) is 0 Å². The van der Waals surface area contributed by atoms with Crippen molar-refractivity contribution in [2.45, 2.75) is 32.2 Å². The standard InChI is InChI=1S/C10H17N3O2/c1-3-10(11,9(14)15-4-2)5-8-6-12-7-13-8/h6-7H,3-5,11H2,1-2H3,(H,12,13). The van der Waals surface area contributed by atoms with Gasteiger partial charge in [-0.05, 0) is 13.3 Å². The Balaban J connectivity index is 2.72. The molecule has 0 radical (unpaired) electrons. The van der Waals surface area contributed by atoms with Crippen molar-refractivity contribution in [3.05, 3.63) is 18.2 Å². The molecule has 84 valence electrons. The molecule has 0 aliphatic heterocycles. The molecule has 0 saturated carbocycles. The Labute approximate surface area is 89.0 Å². The van der Waals surface area contributed by atoms with Gasteiger partial charge in [0.05, 0.1) is 12.9 Å². The first-order chi connectivity index (χ1) is 7.12. The van der Waals surface area contributed by atoms with Crippen molar-refractivity contribution in [2.75, 3.05) is 6.61 Å². The van der Waals surface area contributed by atoms with E-state index in [0.29, 0.717) is 19.4 Å². The summed E-state index contributed by atoms with van der Waals surface area (Å²) in [6.07, 6.45) is 4.18. The van der Waals surface area contributed by atoms with Gasteiger partial charge >= 0.3 is 5.97 Å². The third-order valence-corrected chi connectivity index (χ3v) is 2.37. The number of imidazole rings is 1. The highest BCUT2D eigenvalue weighted by Gasteiger charge is 2.34. The summed E-state index contributed by atoms with van der Waals surface area (Å²) in [7, 11) is 0. The second kappa shape index (κ2) is 4.93. The molecule has 15 heavy (non-hydrogen) atoms. The van der Waals surface area contributed by atoms with Crippen LogP contribution in [0.2, 0.25) is 0 Å². The maximum Gasteiger partial charge on any atom is 0.326 e. The van der Waals surface area contributed by atoms with Crippen LogP contribution in [0.15, 0.2) is 12.5 Å². The molecule has 0 aliphatic carbocycles. The van der Waals surface area contributed by atoms with Crippen LogP contribution in [0.1, 0.15) is 26.0 Å². The lowest BCUT2D eigenvalue weighted by Crippen LogP contribution is -2.50. The van der Waals surface area contributed by atoms with Crippen molar-refractivity contribution >= 4 is 5.97 Å². The van der Waals surface area contributed by atoms with Gasteiger partial charge in [0.15, 0.2) is 0 Å². The molecule has 0 aromatic carbocycles. The monoisotopic (exact) mass is 211 g/mol. The van der Waals surface area contributed by atoms with Crippen LogP contribution in [0.25, 0.3) is 0 Å². The second-order valence-electron chi connectivity index (χ2n) is 3.48. The summed E-state index contributed by atoms with van der Waals surface area (Å²) in [6, 6.07) is 0. The van der Waals surface area contributed by atoms with Gasteiger partial charge in [0.25, 0.3) is 0 Å². The quantitative estimate of drug-likeness (QED) is 0.700. The number of hydrogen-bond acceptors (Lipinski definition) is 4. The molecule has 5 heteroatoms. The number of carbonyl (C=O) groups is 1. The highest BCUT2D eigenvalue weighted by molar-refractivity contribution is 5.80. The topological polar surface area (TPSA) is 81.0 Å². The van der Waals surface area contributed by atoms with Crippen molar-refractivity contribution in [1.29, 1.82) is 0 Å². The first-order valence-electron chi connectivity index (χ1n) is 5.05. The zero-order chi connectivity index (χ0) is 11.3. The van der Waals surface area contributed by atoms with Crippen LogP contribution in [0, 0.1) is 0 Å². The Kier molecular flexibility index (Phi) is 3.85. The van der Waals surface area contributed by atoms with Gasteiger partial charge in [-0.15, -0.1) is 0 Å². The molecule has 3 N–H and O–H groups in total. The minimum atomic E-state index is -0.956. The molecule has 0 amide bonds. The molecular formula is C10H17N3O2. The lowest BCUT2D eigenvalue weighted by molar-refractivity contribution is -0.149. The molecule has 1 heterocycles. The van der Waals surface area contributed by atoms with Gasteiger partial charge in [0.1, 0.15) is 5.54 Å². The second-order valence-corrected chi connectivity index (χ2v) is 3.48. The number of hydrogen-bond donors (Lipinski definition) is 2. The van der Waals surface area contributed by atoms with E-state index >= 15 is 0 Å². The molecule has 1 aromatic heterocycles. The van der Waals surface area contributed by atoms with Gasteiger partial charge in [0, 0.05) is 18.3 Å². The van der Waals surface area contributed by atoms with E-state index in [-0.39, 0.29) is 5.97 Å².